The van der Waals surface area contributed by atoms with Gasteiger partial charge in [-0.3, -0.25) is 14.6 Å². The van der Waals surface area contributed by atoms with Crippen LogP contribution < -0.4 is 10.9 Å². The number of aliphatic hydroxyl groups excluding tert-OH is 1. The Kier molecular flexibility index (Phi) is 4.13. The number of pyridine rings is 1. The van der Waals surface area contributed by atoms with Crippen LogP contribution in [0.15, 0.2) is 16.9 Å². The standard InChI is InChI=1S/C14H20N2O4/c1-9-2-4-14(8-17,5-3-9)16-13(20)10-6-11(18)15-12(19)7-10/h6-7,9,17H,2-5,8H2,1H3,(H,16,20)(H2,15,18,19). The molecule has 1 amide bonds. The van der Waals surface area contributed by atoms with Crippen LogP contribution in [0.4, 0.5) is 0 Å². The first kappa shape index (κ1) is 14.6. The predicted octanol–water partition coefficient (Wildman–Crippen LogP) is 0.751. The molecule has 6 heteroatoms. The van der Waals surface area contributed by atoms with Crippen molar-refractivity contribution in [3.05, 3.63) is 28.0 Å². The van der Waals surface area contributed by atoms with Crippen LogP contribution in [-0.4, -0.2) is 33.3 Å². The van der Waals surface area contributed by atoms with E-state index in [2.05, 4.69) is 17.2 Å². The Morgan fingerprint density at radius 3 is 2.65 bits per heavy atom. The lowest BCUT2D eigenvalue weighted by atomic mass is 9.77. The van der Waals surface area contributed by atoms with Crippen LogP contribution in [0.5, 0.6) is 5.88 Å². The first-order chi connectivity index (χ1) is 9.44. The second-order valence-electron chi connectivity index (χ2n) is 5.69. The van der Waals surface area contributed by atoms with Crippen molar-refractivity contribution in [2.45, 2.75) is 38.1 Å². The van der Waals surface area contributed by atoms with Crippen LogP contribution in [-0.2, 0) is 0 Å². The fourth-order valence-electron chi connectivity index (χ4n) is 2.61. The molecule has 6 nitrogen and oxygen atoms in total. The van der Waals surface area contributed by atoms with Crippen molar-refractivity contribution < 1.29 is 15.0 Å². The maximum Gasteiger partial charge on any atom is 0.252 e. The smallest absolute Gasteiger partial charge is 0.252 e. The zero-order valence-electron chi connectivity index (χ0n) is 11.5. The fourth-order valence-corrected chi connectivity index (χ4v) is 2.61. The van der Waals surface area contributed by atoms with Gasteiger partial charge in [-0.05, 0) is 31.6 Å². The van der Waals surface area contributed by atoms with E-state index in [9.17, 15) is 19.8 Å². The van der Waals surface area contributed by atoms with Crippen molar-refractivity contribution in [3.8, 4) is 5.88 Å². The van der Waals surface area contributed by atoms with Gasteiger partial charge in [-0.2, -0.15) is 0 Å². The molecule has 0 atom stereocenters. The molecular weight excluding hydrogens is 260 g/mol. The average molecular weight is 280 g/mol. The average Bonchev–Trinajstić information content (AvgIpc) is 2.40. The number of carbonyl (C=O) groups excluding carboxylic acids is 1. The van der Waals surface area contributed by atoms with Crippen molar-refractivity contribution in [2.75, 3.05) is 6.61 Å². The molecule has 1 fully saturated rings. The molecule has 0 spiro atoms. The lowest BCUT2D eigenvalue weighted by Crippen LogP contribution is -2.53. The Morgan fingerprint density at radius 2 is 2.10 bits per heavy atom. The number of rotatable bonds is 3. The van der Waals surface area contributed by atoms with Crippen molar-refractivity contribution in [1.29, 1.82) is 0 Å². The molecule has 1 aromatic heterocycles. The van der Waals surface area contributed by atoms with Gasteiger partial charge in [0, 0.05) is 12.1 Å². The van der Waals surface area contributed by atoms with Crippen LogP contribution >= 0.6 is 0 Å². The number of amides is 1. The number of nitrogens with one attached hydrogen (secondary N) is 2. The van der Waals surface area contributed by atoms with Gasteiger partial charge in [0.05, 0.1) is 17.7 Å². The quantitative estimate of drug-likeness (QED) is 0.656. The number of aliphatic hydroxyl groups is 1. The molecule has 2 rings (SSSR count). The molecule has 1 heterocycles. The second-order valence-corrected chi connectivity index (χ2v) is 5.69. The zero-order valence-corrected chi connectivity index (χ0v) is 11.5. The summed E-state index contributed by atoms with van der Waals surface area (Å²) in [6.07, 6.45) is 3.32. The van der Waals surface area contributed by atoms with Crippen LogP contribution in [0.3, 0.4) is 0 Å². The van der Waals surface area contributed by atoms with Crippen LogP contribution in [0.25, 0.3) is 0 Å². The third kappa shape index (κ3) is 3.19. The van der Waals surface area contributed by atoms with E-state index >= 15 is 0 Å². The summed E-state index contributed by atoms with van der Waals surface area (Å²) in [5, 5.41) is 21.7. The van der Waals surface area contributed by atoms with Gasteiger partial charge >= 0.3 is 0 Å². The molecule has 4 N–H and O–H groups in total. The SMILES string of the molecule is CC1CCC(CO)(NC(=O)c2cc(O)[nH]c(=O)c2)CC1. The van der Waals surface area contributed by atoms with Gasteiger partial charge in [0.2, 0.25) is 0 Å². The summed E-state index contributed by atoms with van der Waals surface area (Å²) in [7, 11) is 0. The summed E-state index contributed by atoms with van der Waals surface area (Å²) in [6.45, 7) is 2.03. The second kappa shape index (κ2) is 5.66. The van der Waals surface area contributed by atoms with Crippen molar-refractivity contribution >= 4 is 5.91 Å². The number of hydrogen-bond donors (Lipinski definition) is 4. The van der Waals surface area contributed by atoms with Crippen LogP contribution in [0.2, 0.25) is 0 Å². The largest absolute Gasteiger partial charge is 0.494 e. The maximum absolute atomic E-state index is 12.2. The highest BCUT2D eigenvalue weighted by Gasteiger charge is 2.35. The molecule has 0 aromatic carbocycles. The molecule has 20 heavy (non-hydrogen) atoms. The minimum atomic E-state index is -0.623. The Hall–Kier alpha value is -1.82. The molecule has 0 radical (unpaired) electrons. The van der Waals surface area contributed by atoms with Gasteiger partial charge < -0.3 is 15.5 Å². The van der Waals surface area contributed by atoms with E-state index in [0.29, 0.717) is 18.8 Å². The van der Waals surface area contributed by atoms with E-state index in [1.165, 1.54) is 6.07 Å². The fraction of sp³-hybridized carbons (Fsp3) is 0.571. The number of aromatic amines is 1. The van der Waals surface area contributed by atoms with Gasteiger partial charge in [-0.25, -0.2) is 0 Å². The van der Waals surface area contributed by atoms with E-state index in [0.717, 1.165) is 18.9 Å². The minimum absolute atomic E-state index is 0.0951. The number of aromatic nitrogens is 1. The number of carbonyl (C=O) groups is 1. The van der Waals surface area contributed by atoms with Crippen molar-refractivity contribution in [1.82, 2.24) is 10.3 Å². The van der Waals surface area contributed by atoms with E-state index in [1.807, 2.05) is 0 Å². The molecule has 1 aliphatic carbocycles. The Bertz CT molecular complexity index is 544. The Balaban J connectivity index is 2.15. The highest BCUT2D eigenvalue weighted by atomic mass is 16.3. The van der Waals surface area contributed by atoms with Crippen molar-refractivity contribution in [3.63, 3.8) is 0 Å². The molecule has 1 aromatic rings. The third-order valence-corrected chi connectivity index (χ3v) is 4.01. The summed E-state index contributed by atoms with van der Waals surface area (Å²) in [5.41, 5.74) is -1.06. The first-order valence-corrected chi connectivity index (χ1v) is 6.81. The van der Waals surface area contributed by atoms with Gasteiger partial charge in [-0.15, -0.1) is 0 Å². The number of H-pyrrole nitrogens is 1. The minimum Gasteiger partial charge on any atom is -0.494 e. The molecule has 1 saturated carbocycles. The summed E-state index contributed by atoms with van der Waals surface area (Å²) < 4.78 is 0. The Labute approximate surface area is 116 Å². The van der Waals surface area contributed by atoms with Crippen LogP contribution in [0, 0.1) is 5.92 Å². The van der Waals surface area contributed by atoms with E-state index in [1.54, 1.807) is 0 Å². The summed E-state index contributed by atoms with van der Waals surface area (Å²) in [6, 6.07) is 2.33. The van der Waals surface area contributed by atoms with E-state index in [-0.39, 0.29) is 18.1 Å². The molecule has 110 valence electrons. The summed E-state index contributed by atoms with van der Waals surface area (Å²) in [4.78, 5) is 25.6. The van der Waals surface area contributed by atoms with Crippen LogP contribution in [0.1, 0.15) is 43.0 Å². The number of aromatic hydroxyl groups is 1. The highest BCUT2D eigenvalue weighted by Crippen LogP contribution is 2.31. The summed E-state index contributed by atoms with van der Waals surface area (Å²) in [5.74, 6) is -0.205. The predicted molar refractivity (Wildman–Crippen MR) is 73.6 cm³/mol. The zero-order chi connectivity index (χ0) is 14.8. The molecule has 0 bridgehead atoms. The normalized spacial score (nSPS) is 26.2. The molecule has 0 aliphatic heterocycles. The van der Waals surface area contributed by atoms with E-state index in [4.69, 9.17) is 0 Å². The number of hydrogen-bond acceptors (Lipinski definition) is 4. The molecule has 0 unspecified atom stereocenters. The highest BCUT2D eigenvalue weighted by molar-refractivity contribution is 5.94. The molecular formula is C14H20N2O4. The van der Waals surface area contributed by atoms with E-state index < -0.39 is 17.0 Å². The lowest BCUT2D eigenvalue weighted by molar-refractivity contribution is 0.0716. The van der Waals surface area contributed by atoms with Crippen molar-refractivity contribution in [2.24, 2.45) is 5.92 Å². The maximum atomic E-state index is 12.2. The first-order valence-electron chi connectivity index (χ1n) is 6.81. The van der Waals surface area contributed by atoms with Gasteiger partial charge in [0.1, 0.15) is 0 Å². The topological polar surface area (TPSA) is 102 Å². The monoisotopic (exact) mass is 280 g/mol. The van der Waals surface area contributed by atoms with Gasteiger partial charge in [-0.1, -0.05) is 6.92 Å². The van der Waals surface area contributed by atoms with Gasteiger partial charge in [0.25, 0.3) is 11.5 Å². The lowest BCUT2D eigenvalue weighted by Gasteiger charge is -2.38. The Morgan fingerprint density at radius 1 is 1.45 bits per heavy atom. The summed E-state index contributed by atoms with van der Waals surface area (Å²) >= 11 is 0. The molecule has 0 saturated heterocycles. The van der Waals surface area contributed by atoms with Gasteiger partial charge in [0.15, 0.2) is 5.88 Å². The molecule has 1 aliphatic rings. The third-order valence-electron chi connectivity index (χ3n) is 4.01.